The second-order valence-corrected chi connectivity index (χ2v) is 11.7. The lowest BCUT2D eigenvalue weighted by atomic mass is 9.45. The molecule has 2 aromatic rings. The van der Waals surface area contributed by atoms with Crippen LogP contribution in [0.1, 0.15) is 78.1 Å². The van der Waals surface area contributed by atoms with Gasteiger partial charge in [0.1, 0.15) is 11.9 Å². The van der Waals surface area contributed by atoms with Crippen molar-refractivity contribution in [1.29, 1.82) is 0 Å². The molecular weight excluding hydrogens is 378 g/mol. The summed E-state index contributed by atoms with van der Waals surface area (Å²) in [4.78, 5) is 0. The van der Waals surface area contributed by atoms with E-state index in [1.54, 1.807) is 0 Å². The van der Waals surface area contributed by atoms with E-state index in [4.69, 9.17) is 4.74 Å². The van der Waals surface area contributed by atoms with Crippen LogP contribution in [0.15, 0.2) is 48.8 Å². The minimum atomic E-state index is 0.359. The maximum Gasteiger partial charge on any atom is 0.119 e. The van der Waals surface area contributed by atoms with E-state index >= 15 is 0 Å². The van der Waals surface area contributed by atoms with Crippen LogP contribution >= 0.6 is 0 Å². The Labute approximate surface area is 188 Å². The van der Waals surface area contributed by atoms with E-state index in [2.05, 4.69) is 67.2 Å². The van der Waals surface area contributed by atoms with Gasteiger partial charge in [-0.05, 0) is 117 Å². The van der Waals surface area contributed by atoms with E-state index in [1.807, 2.05) is 0 Å². The molecule has 0 aliphatic heterocycles. The van der Waals surface area contributed by atoms with Crippen molar-refractivity contribution in [2.45, 2.75) is 84.2 Å². The Kier molecular flexibility index (Phi) is 4.78. The molecule has 1 heterocycles. The zero-order valence-electron chi connectivity index (χ0n) is 19.4. The third kappa shape index (κ3) is 3.11. The van der Waals surface area contributed by atoms with Crippen LogP contribution in [-0.4, -0.2) is 10.7 Å². The van der Waals surface area contributed by atoms with Crippen molar-refractivity contribution < 1.29 is 4.74 Å². The molecule has 0 radical (unpaired) electrons. The second-order valence-electron chi connectivity index (χ2n) is 11.7. The number of ether oxygens (including phenoxy) is 1. The minimum absolute atomic E-state index is 0.359. The van der Waals surface area contributed by atoms with Crippen LogP contribution in [0.5, 0.6) is 5.75 Å². The van der Waals surface area contributed by atoms with Gasteiger partial charge in [0.15, 0.2) is 0 Å². The summed E-state index contributed by atoms with van der Waals surface area (Å²) in [7, 11) is 0. The Morgan fingerprint density at radius 1 is 0.774 bits per heavy atom. The topological polar surface area (TPSA) is 14.2 Å². The van der Waals surface area contributed by atoms with Gasteiger partial charge in [-0.2, -0.15) is 0 Å². The summed E-state index contributed by atoms with van der Waals surface area (Å²) in [5.41, 5.74) is 2.19. The zero-order valence-corrected chi connectivity index (χ0v) is 19.4. The lowest BCUT2D eigenvalue weighted by Gasteiger charge is -2.60. The molecule has 4 saturated carbocycles. The summed E-state index contributed by atoms with van der Waals surface area (Å²) < 4.78 is 8.88. The average Bonchev–Trinajstić information content (AvgIpc) is 3.42. The standard InChI is InChI=1S/C29H39NO/c1-28-17-4-3-7-21(28)8-13-24-25-14-15-27(29(25,2)18-16-26(24)28)31-23-11-9-22(10-12-23)30-19-5-6-20-30/h5-6,9-12,19-21,24-27H,3-4,7-8,13-18H2,1-2H3/t21?,24-,25-,26+,27?,28-,29-/m0/s1. The summed E-state index contributed by atoms with van der Waals surface area (Å²) in [5.74, 6) is 4.86. The molecule has 166 valence electrons. The molecule has 4 aliphatic carbocycles. The van der Waals surface area contributed by atoms with Gasteiger partial charge in [0.25, 0.3) is 0 Å². The van der Waals surface area contributed by atoms with Gasteiger partial charge in [-0.15, -0.1) is 0 Å². The first kappa shape index (κ1) is 19.9. The van der Waals surface area contributed by atoms with Crippen LogP contribution in [0.4, 0.5) is 0 Å². The van der Waals surface area contributed by atoms with Crippen molar-refractivity contribution in [3.05, 3.63) is 48.8 Å². The highest BCUT2D eigenvalue weighted by molar-refractivity contribution is 5.38. The number of aromatic nitrogens is 1. The van der Waals surface area contributed by atoms with Crippen molar-refractivity contribution in [3.63, 3.8) is 0 Å². The van der Waals surface area contributed by atoms with Crippen molar-refractivity contribution in [3.8, 4) is 11.4 Å². The monoisotopic (exact) mass is 417 g/mol. The highest BCUT2D eigenvalue weighted by Crippen LogP contribution is 2.66. The lowest BCUT2D eigenvalue weighted by molar-refractivity contribution is -0.117. The third-order valence-corrected chi connectivity index (χ3v) is 10.5. The normalized spacial score (nSPS) is 41.8. The molecule has 31 heavy (non-hydrogen) atoms. The van der Waals surface area contributed by atoms with Gasteiger partial charge in [0.2, 0.25) is 0 Å². The molecule has 1 aromatic carbocycles. The Bertz CT molecular complexity index is 901. The van der Waals surface area contributed by atoms with Crippen LogP contribution in [0.3, 0.4) is 0 Å². The van der Waals surface area contributed by atoms with Gasteiger partial charge in [0.05, 0.1) is 0 Å². The molecular formula is C29H39NO. The predicted molar refractivity (Wildman–Crippen MR) is 127 cm³/mol. The average molecular weight is 418 g/mol. The number of fused-ring (bicyclic) bond motifs is 5. The summed E-state index contributed by atoms with van der Waals surface area (Å²) in [6, 6.07) is 12.9. The van der Waals surface area contributed by atoms with Crippen molar-refractivity contribution in [2.24, 2.45) is 34.5 Å². The van der Waals surface area contributed by atoms with E-state index in [-0.39, 0.29) is 0 Å². The third-order valence-electron chi connectivity index (χ3n) is 10.5. The summed E-state index contributed by atoms with van der Waals surface area (Å²) in [5, 5.41) is 0. The van der Waals surface area contributed by atoms with E-state index in [1.165, 1.54) is 69.9 Å². The SMILES string of the molecule is C[C@]12CCCCC1CC[C@@H]1[C@H]2CC[C@]2(C)C(Oc3ccc(-n4cccc4)cc3)CC[C@@H]12. The number of rotatable bonds is 3. The van der Waals surface area contributed by atoms with Gasteiger partial charge < -0.3 is 9.30 Å². The molecule has 1 aromatic heterocycles. The van der Waals surface area contributed by atoms with E-state index in [9.17, 15) is 0 Å². The van der Waals surface area contributed by atoms with Crippen LogP contribution in [0.2, 0.25) is 0 Å². The number of hydrogen-bond donors (Lipinski definition) is 0. The predicted octanol–water partition coefficient (Wildman–Crippen LogP) is 7.66. The summed E-state index contributed by atoms with van der Waals surface area (Å²) in [6.07, 6.45) is 19.0. The van der Waals surface area contributed by atoms with Crippen LogP contribution in [-0.2, 0) is 0 Å². The Morgan fingerprint density at radius 2 is 1.55 bits per heavy atom. The van der Waals surface area contributed by atoms with Gasteiger partial charge in [-0.3, -0.25) is 0 Å². The maximum absolute atomic E-state index is 6.72. The first-order valence-corrected chi connectivity index (χ1v) is 13.0. The summed E-state index contributed by atoms with van der Waals surface area (Å²) in [6.45, 7) is 5.26. The fourth-order valence-corrected chi connectivity index (χ4v) is 8.81. The highest BCUT2D eigenvalue weighted by Gasteiger charge is 2.60. The van der Waals surface area contributed by atoms with Gasteiger partial charge in [-0.25, -0.2) is 0 Å². The Hall–Kier alpha value is -1.70. The number of benzene rings is 1. The smallest absolute Gasteiger partial charge is 0.119 e. The lowest BCUT2D eigenvalue weighted by Crippen LogP contribution is -2.53. The van der Waals surface area contributed by atoms with E-state index < -0.39 is 0 Å². The fourth-order valence-electron chi connectivity index (χ4n) is 8.81. The molecule has 2 unspecified atom stereocenters. The molecule has 7 atom stereocenters. The molecule has 0 N–H and O–H groups in total. The van der Waals surface area contributed by atoms with E-state index in [0.29, 0.717) is 16.9 Å². The fraction of sp³-hybridized carbons (Fsp3) is 0.655. The van der Waals surface area contributed by atoms with Crippen LogP contribution in [0, 0.1) is 34.5 Å². The first-order chi connectivity index (χ1) is 15.1. The van der Waals surface area contributed by atoms with Crippen molar-refractivity contribution in [1.82, 2.24) is 4.57 Å². The van der Waals surface area contributed by atoms with Gasteiger partial charge in [-0.1, -0.05) is 26.7 Å². The van der Waals surface area contributed by atoms with Crippen LogP contribution < -0.4 is 4.74 Å². The number of nitrogens with zero attached hydrogens (tertiary/aromatic N) is 1. The Morgan fingerprint density at radius 3 is 2.35 bits per heavy atom. The largest absolute Gasteiger partial charge is 0.490 e. The molecule has 0 spiro atoms. The maximum atomic E-state index is 6.72. The first-order valence-electron chi connectivity index (χ1n) is 13.0. The molecule has 2 nitrogen and oxygen atoms in total. The highest BCUT2D eigenvalue weighted by atomic mass is 16.5. The zero-order chi connectivity index (χ0) is 21.1. The van der Waals surface area contributed by atoms with Gasteiger partial charge in [0, 0.05) is 23.5 Å². The molecule has 0 bridgehead atoms. The molecule has 6 rings (SSSR count). The van der Waals surface area contributed by atoms with Crippen molar-refractivity contribution >= 4 is 0 Å². The quantitative estimate of drug-likeness (QED) is 0.500. The van der Waals surface area contributed by atoms with E-state index in [0.717, 1.165) is 29.4 Å². The van der Waals surface area contributed by atoms with Crippen molar-refractivity contribution in [2.75, 3.05) is 0 Å². The summed E-state index contributed by atoms with van der Waals surface area (Å²) >= 11 is 0. The molecule has 0 amide bonds. The second kappa shape index (κ2) is 7.42. The molecule has 0 saturated heterocycles. The minimum Gasteiger partial charge on any atom is -0.490 e. The van der Waals surface area contributed by atoms with Gasteiger partial charge >= 0.3 is 0 Å². The Balaban J connectivity index is 1.19. The molecule has 4 aliphatic rings. The molecule has 2 heteroatoms. The number of hydrogen-bond acceptors (Lipinski definition) is 1. The van der Waals surface area contributed by atoms with Crippen LogP contribution in [0.25, 0.3) is 5.69 Å². The molecule has 4 fully saturated rings.